The summed E-state index contributed by atoms with van der Waals surface area (Å²) < 4.78 is 5.36. The largest absolute Gasteiger partial charge is 0.444 e. The van der Waals surface area contributed by atoms with Crippen molar-refractivity contribution in [2.24, 2.45) is 5.92 Å². The van der Waals surface area contributed by atoms with E-state index in [-0.39, 0.29) is 12.5 Å². The van der Waals surface area contributed by atoms with Crippen LogP contribution in [0.5, 0.6) is 0 Å². The second-order valence-electron chi connectivity index (χ2n) is 10.6. The van der Waals surface area contributed by atoms with E-state index in [0.29, 0.717) is 11.3 Å². The lowest BCUT2D eigenvalue weighted by molar-refractivity contribution is -0.141. The maximum Gasteiger partial charge on any atom is 0.408 e. The molecule has 2 atom stereocenters. The van der Waals surface area contributed by atoms with Crippen LogP contribution in [-0.2, 0) is 14.3 Å². The smallest absolute Gasteiger partial charge is 0.408 e. The minimum Gasteiger partial charge on any atom is -0.444 e. The van der Waals surface area contributed by atoms with E-state index >= 15 is 0 Å². The Morgan fingerprint density at radius 3 is 2.24 bits per heavy atom. The summed E-state index contributed by atoms with van der Waals surface area (Å²) >= 11 is 0. The molecule has 37 heavy (non-hydrogen) atoms. The van der Waals surface area contributed by atoms with Crippen LogP contribution in [-0.4, -0.2) is 41.0 Å². The summed E-state index contributed by atoms with van der Waals surface area (Å²) in [5.41, 5.74) is 3.03. The first kappa shape index (κ1) is 29.4. The molecule has 0 saturated heterocycles. The summed E-state index contributed by atoms with van der Waals surface area (Å²) in [5.74, 6) is -1.33. The topological polar surface area (TPSA) is 112 Å². The molecular formula is C29H38N4O4. The van der Waals surface area contributed by atoms with Crippen molar-refractivity contribution < 1.29 is 19.1 Å². The molecule has 2 N–H and O–H groups in total. The maximum absolute atomic E-state index is 13.9. The van der Waals surface area contributed by atoms with Crippen LogP contribution >= 0.6 is 0 Å². The minimum atomic E-state index is -1.10. The summed E-state index contributed by atoms with van der Waals surface area (Å²) in [7, 11) is 0. The summed E-state index contributed by atoms with van der Waals surface area (Å²) in [6, 6.07) is 12.9. The third-order valence-corrected chi connectivity index (χ3v) is 5.82. The number of hydrogen-bond donors (Lipinski definition) is 2. The molecule has 0 radical (unpaired) electrons. The molecule has 2 aromatic rings. The van der Waals surface area contributed by atoms with Crippen molar-refractivity contribution in [2.75, 3.05) is 11.9 Å². The molecule has 0 saturated carbocycles. The number of aryl methyl sites for hydroxylation is 3. The Kier molecular flexibility index (Phi) is 9.84. The van der Waals surface area contributed by atoms with E-state index in [1.165, 1.54) is 4.90 Å². The summed E-state index contributed by atoms with van der Waals surface area (Å²) in [4.78, 5) is 41.6. The zero-order valence-corrected chi connectivity index (χ0v) is 23.0. The summed E-state index contributed by atoms with van der Waals surface area (Å²) in [5, 5.41) is 15.3. The SMILES string of the molecule is Cc1ccc(C)c(C(C(=O)Nc2ccccc2C)N(CC#N)C(=O)C(NC(=O)OC(C)(C)C)C(C)C)c1. The van der Waals surface area contributed by atoms with E-state index in [1.54, 1.807) is 40.7 Å². The molecule has 0 spiro atoms. The Labute approximate surface area is 220 Å². The molecule has 8 nitrogen and oxygen atoms in total. The zero-order valence-electron chi connectivity index (χ0n) is 23.0. The highest BCUT2D eigenvalue weighted by molar-refractivity contribution is 5.99. The Morgan fingerprint density at radius 1 is 1.03 bits per heavy atom. The van der Waals surface area contributed by atoms with Gasteiger partial charge in [-0.2, -0.15) is 5.26 Å². The molecule has 0 bridgehead atoms. The standard InChI is InChI=1S/C29H38N4O4/c1-18(2)24(32-28(36)37-29(6,7)8)27(35)33(16-15-30)25(22-17-19(3)13-14-20(22)4)26(34)31-23-12-10-9-11-21(23)5/h9-14,17-18,24-25H,16H2,1-8H3,(H,31,34)(H,32,36). The number of nitrogens with zero attached hydrogens (tertiary/aromatic N) is 2. The molecule has 0 aliphatic heterocycles. The number of ether oxygens (including phenoxy) is 1. The van der Waals surface area contributed by atoms with Gasteiger partial charge in [-0.3, -0.25) is 9.59 Å². The van der Waals surface area contributed by atoms with Gasteiger partial charge in [0.15, 0.2) is 0 Å². The Balaban J connectivity index is 2.57. The lowest BCUT2D eigenvalue weighted by Gasteiger charge is -2.34. The van der Waals surface area contributed by atoms with Crippen LogP contribution in [0.2, 0.25) is 0 Å². The van der Waals surface area contributed by atoms with Gasteiger partial charge < -0.3 is 20.3 Å². The van der Waals surface area contributed by atoms with Crippen LogP contribution in [0.1, 0.15) is 62.9 Å². The van der Waals surface area contributed by atoms with Gasteiger partial charge in [0.05, 0.1) is 6.07 Å². The van der Waals surface area contributed by atoms with Gasteiger partial charge in [-0.05, 0) is 70.2 Å². The third kappa shape index (κ3) is 8.07. The van der Waals surface area contributed by atoms with Crippen molar-refractivity contribution in [3.05, 3.63) is 64.7 Å². The normalized spacial score (nSPS) is 12.8. The van der Waals surface area contributed by atoms with Crippen molar-refractivity contribution in [3.63, 3.8) is 0 Å². The number of benzene rings is 2. The van der Waals surface area contributed by atoms with Crippen LogP contribution in [0.15, 0.2) is 42.5 Å². The first-order valence-electron chi connectivity index (χ1n) is 12.4. The molecule has 0 aromatic heterocycles. The Bertz CT molecular complexity index is 1180. The predicted molar refractivity (Wildman–Crippen MR) is 144 cm³/mol. The van der Waals surface area contributed by atoms with Crippen LogP contribution in [0.3, 0.4) is 0 Å². The van der Waals surface area contributed by atoms with Gasteiger partial charge in [-0.1, -0.05) is 55.8 Å². The second kappa shape index (κ2) is 12.4. The van der Waals surface area contributed by atoms with Gasteiger partial charge in [0, 0.05) is 5.69 Å². The van der Waals surface area contributed by atoms with Gasteiger partial charge >= 0.3 is 6.09 Å². The third-order valence-electron chi connectivity index (χ3n) is 5.82. The van der Waals surface area contributed by atoms with Crippen LogP contribution < -0.4 is 10.6 Å². The number of carbonyl (C=O) groups is 3. The zero-order chi connectivity index (χ0) is 27.9. The summed E-state index contributed by atoms with van der Waals surface area (Å²) in [6.45, 7) is 14.0. The lowest BCUT2D eigenvalue weighted by atomic mass is 9.94. The fraction of sp³-hybridized carbons (Fsp3) is 0.448. The highest BCUT2D eigenvalue weighted by Crippen LogP contribution is 2.29. The molecule has 0 heterocycles. The van der Waals surface area contributed by atoms with Gasteiger partial charge in [0.1, 0.15) is 24.2 Å². The molecule has 8 heteroatoms. The monoisotopic (exact) mass is 506 g/mol. The molecule has 198 valence electrons. The van der Waals surface area contributed by atoms with Gasteiger partial charge in [-0.15, -0.1) is 0 Å². The highest BCUT2D eigenvalue weighted by Gasteiger charge is 2.38. The second-order valence-corrected chi connectivity index (χ2v) is 10.6. The van der Waals surface area contributed by atoms with Crippen LogP contribution in [0.25, 0.3) is 0 Å². The van der Waals surface area contributed by atoms with Crippen molar-refractivity contribution >= 4 is 23.6 Å². The molecule has 2 unspecified atom stereocenters. The lowest BCUT2D eigenvalue weighted by Crippen LogP contribution is -2.54. The van der Waals surface area contributed by atoms with Gasteiger partial charge in [0.25, 0.3) is 5.91 Å². The van der Waals surface area contributed by atoms with Crippen molar-refractivity contribution in [3.8, 4) is 6.07 Å². The first-order valence-corrected chi connectivity index (χ1v) is 12.4. The number of hydrogen-bond acceptors (Lipinski definition) is 5. The number of nitriles is 1. The predicted octanol–water partition coefficient (Wildman–Crippen LogP) is 5.19. The van der Waals surface area contributed by atoms with E-state index in [2.05, 4.69) is 10.6 Å². The first-order chi connectivity index (χ1) is 17.2. The number of para-hydroxylation sites is 1. The molecule has 2 rings (SSSR count). The number of carbonyl (C=O) groups excluding carboxylic acids is 3. The van der Waals surface area contributed by atoms with E-state index < -0.39 is 35.6 Å². The number of nitrogens with one attached hydrogen (secondary N) is 2. The summed E-state index contributed by atoms with van der Waals surface area (Å²) in [6.07, 6.45) is -0.746. The van der Waals surface area contributed by atoms with Gasteiger partial charge in [-0.25, -0.2) is 4.79 Å². The van der Waals surface area contributed by atoms with Crippen molar-refractivity contribution in [1.29, 1.82) is 5.26 Å². The number of alkyl carbamates (subject to hydrolysis) is 1. The fourth-order valence-corrected chi connectivity index (χ4v) is 3.92. The fourth-order valence-electron chi connectivity index (χ4n) is 3.92. The van der Waals surface area contributed by atoms with Gasteiger partial charge in [0.2, 0.25) is 5.91 Å². The van der Waals surface area contributed by atoms with E-state index in [1.807, 2.05) is 63.2 Å². The van der Waals surface area contributed by atoms with E-state index in [4.69, 9.17) is 4.74 Å². The molecule has 0 aliphatic rings. The molecule has 3 amide bonds. The number of rotatable bonds is 8. The quantitative estimate of drug-likeness (QED) is 0.479. The van der Waals surface area contributed by atoms with Crippen molar-refractivity contribution in [2.45, 2.75) is 73.1 Å². The van der Waals surface area contributed by atoms with Crippen LogP contribution in [0.4, 0.5) is 10.5 Å². The minimum absolute atomic E-state index is 0.333. The van der Waals surface area contributed by atoms with Crippen LogP contribution in [0, 0.1) is 38.0 Å². The number of amides is 3. The highest BCUT2D eigenvalue weighted by atomic mass is 16.6. The maximum atomic E-state index is 13.9. The molecular weight excluding hydrogens is 468 g/mol. The Hall–Kier alpha value is -3.86. The molecule has 0 fully saturated rings. The average molecular weight is 507 g/mol. The molecule has 0 aliphatic carbocycles. The van der Waals surface area contributed by atoms with Crippen molar-refractivity contribution in [1.82, 2.24) is 10.2 Å². The van der Waals surface area contributed by atoms with E-state index in [9.17, 15) is 19.6 Å². The van der Waals surface area contributed by atoms with E-state index in [0.717, 1.165) is 16.7 Å². The molecule has 2 aromatic carbocycles. The average Bonchev–Trinajstić information content (AvgIpc) is 2.79. The Morgan fingerprint density at radius 2 is 1.68 bits per heavy atom. The number of anilines is 1.